The van der Waals surface area contributed by atoms with Crippen LogP contribution in [0.4, 0.5) is 0 Å². The van der Waals surface area contributed by atoms with Crippen molar-refractivity contribution < 1.29 is 14.3 Å². The van der Waals surface area contributed by atoms with Crippen LogP contribution < -0.4 is 5.56 Å². The molecule has 0 spiro atoms. The van der Waals surface area contributed by atoms with E-state index in [9.17, 15) is 9.59 Å². The Morgan fingerprint density at radius 1 is 1.20 bits per heavy atom. The predicted octanol–water partition coefficient (Wildman–Crippen LogP) is 3.46. The lowest BCUT2D eigenvalue weighted by molar-refractivity contribution is 0.0660. The highest BCUT2D eigenvalue weighted by atomic mass is 32.1. The van der Waals surface area contributed by atoms with E-state index in [1.165, 1.54) is 28.3 Å². The molecule has 0 aliphatic rings. The van der Waals surface area contributed by atoms with E-state index in [0.717, 1.165) is 10.4 Å². The van der Waals surface area contributed by atoms with Crippen molar-refractivity contribution in [2.75, 3.05) is 0 Å². The number of aromatic carboxylic acids is 1. The van der Waals surface area contributed by atoms with E-state index in [2.05, 4.69) is 4.98 Å². The van der Waals surface area contributed by atoms with Crippen LogP contribution in [0.3, 0.4) is 0 Å². The lowest BCUT2D eigenvalue weighted by atomic mass is 10.2. The van der Waals surface area contributed by atoms with Crippen molar-refractivity contribution in [2.45, 2.75) is 6.54 Å². The van der Waals surface area contributed by atoms with Crippen LogP contribution in [0.25, 0.3) is 20.7 Å². The molecule has 0 aliphatic heterocycles. The summed E-state index contributed by atoms with van der Waals surface area (Å²) in [6.07, 6.45) is 1.46. The molecule has 0 atom stereocenters. The van der Waals surface area contributed by atoms with Crippen LogP contribution in [-0.4, -0.2) is 20.6 Å². The van der Waals surface area contributed by atoms with E-state index in [4.69, 9.17) is 9.52 Å². The zero-order valence-corrected chi connectivity index (χ0v) is 13.7. The minimum absolute atomic E-state index is 0.131. The molecule has 0 unspecified atom stereocenters. The Hall–Kier alpha value is -3.19. The number of carbonyl (C=O) groups is 1. The molecule has 0 fully saturated rings. The molecule has 4 rings (SSSR count). The van der Waals surface area contributed by atoms with E-state index < -0.39 is 5.97 Å². The number of fused-ring (bicyclic) bond motifs is 1. The van der Waals surface area contributed by atoms with Crippen LogP contribution in [0.5, 0.6) is 0 Å². The Morgan fingerprint density at radius 3 is 2.72 bits per heavy atom. The van der Waals surface area contributed by atoms with Gasteiger partial charge in [0.1, 0.15) is 10.6 Å². The van der Waals surface area contributed by atoms with Crippen molar-refractivity contribution >= 4 is 27.5 Å². The number of carboxylic acids is 1. The molecular formula is C18H12N2O4S. The van der Waals surface area contributed by atoms with Crippen LogP contribution in [0.2, 0.25) is 0 Å². The molecule has 0 aliphatic carbocycles. The maximum Gasteiger partial charge on any atom is 0.371 e. The van der Waals surface area contributed by atoms with Crippen molar-refractivity contribution in [1.82, 2.24) is 9.55 Å². The van der Waals surface area contributed by atoms with Gasteiger partial charge >= 0.3 is 5.97 Å². The standard InChI is InChI=1S/C18H12N2O4S/c21-17-13-8-15(11-4-2-1-3-5-11)25-16(13)19-10-20(17)9-12-6-7-14(24-12)18(22)23/h1-8,10H,9H2,(H,22,23). The fraction of sp³-hybridized carbons (Fsp3) is 0.0556. The minimum Gasteiger partial charge on any atom is -0.475 e. The summed E-state index contributed by atoms with van der Waals surface area (Å²) in [7, 11) is 0. The minimum atomic E-state index is -1.14. The lowest BCUT2D eigenvalue weighted by Gasteiger charge is -2.02. The fourth-order valence-electron chi connectivity index (χ4n) is 2.56. The maximum absolute atomic E-state index is 12.7. The highest BCUT2D eigenvalue weighted by molar-refractivity contribution is 7.21. The normalized spacial score (nSPS) is 11.0. The Bertz CT molecular complexity index is 1120. The summed E-state index contributed by atoms with van der Waals surface area (Å²) < 4.78 is 6.62. The van der Waals surface area contributed by atoms with Gasteiger partial charge in [0.25, 0.3) is 5.56 Å². The molecule has 1 N–H and O–H groups in total. The molecule has 25 heavy (non-hydrogen) atoms. The smallest absolute Gasteiger partial charge is 0.371 e. The number of carboxylic acid groups (broad SMARTS) is 1. The van der Waals surface area contributed by atoms with Gasteiger partial charge in [-0.15, -0.1) is 11.3 Å². The molecule has 3 aromatic heterocycles. The lowest BCUT2D eigenvalue weighted by Crippen LogP contribution is -2.20. The number of thiophene rings is 1. The number of hydrogen-bond donors (Lipinski definition) is 1. The summed E-state index contributed by atoms with van der Waals surface area (Å²) in [5, 5.41) is 9.44. The Labute approximate surface area is 145 Å². The molecule has 1 aromatic carbocycles. The number of nitrogens with zero attached hydrogens (tertiary/aromatic N) is 2. The average Bonchev–Trinajstić information content (AvgIpc) is 3.26. The van der Waals surface area contributed by atoms with E-state index in [1.54, 1.807) is 6.07 Å². The van der Waals surface area contributed by atoms with Gasteiger partial charge in [0.15, 0.2) is 0 Å². The van der Waals surface area contributed by atoms with E-state index in [-0.39, 0.29) is 17.9 Å². The second-order valence-corrected chi connectivity index (χ2v) is 6.47. The predicted molar refractivity (Wildman–Crippen MR) is 94.1 cm³/mol. The van der Waals surface area contributed by atoms with Gasteiger partial charge in [-0.2, -0.15) is 0 Å². The van der Waals surface area contributed by atoms with Crippen molar-refractivity contribution in [3.05, 3.63) is 76.7 Å². The maximum atomic E-state index is 12.7. The molecule has 0 saturated heterocycles. The SMILES string of the molecule is O=C(O)c1ccc(Cn2cnc3sc(-c4ccccc4)cc3c2=O)o1. The van der Waals surface area contributed by atoms with Gasteiger partial charge in [-0.3, -0.25) is 9.36 Å². The highest BCUT2D eigenvalue weighted by Gasteiger charge is 2.13. The summed E-state index contributed by atoms with van der Waals surface area (Å²) in [6, 6.07) is 14.6. The Morgan fingerprint density at radius 2 is 2.00 bits per heavy atom. The highest BCUT2D eigenvalue weighted by Crippen LogP contribution is 2.30. The second-order valence-electron chi connectivity index (χ2n) is 5.44. The van der Waals surface area contributed by atoms with Crippen LogP contribution in [0, 0.1) is 0 Å². The summed E-state index contributed by atoms with van der Waals surface area (Å²) in [5.41, 5.74) is 0.852. The monoisotopic (exact) mass is 352 g/mol. The van der Waals surface area contributed by atoms with Gasteiger partial charge < -0.3 is 9.52 Å². The number of furan rings is 1. The topological polar surface area (TPSA) is 85.3 Å². The van der Waals surface area contributed by atoms with Gasteiger partial charge in [0.2, 0.25) is 5.76 Å². The van der Waals surface area contributed by atoms with Crippen LogP contribution >= 0.6 is 11.3 Å². The van der Waals surface area contributed by atoms with Crippen molar-refractivity contribution in [3.8, 4) is 10.4 Å². The van der Waals surface area contributed by atoms with Gasteiger partial charge in [-0.05, 0) is 23.8 Å². The zero-order chi connectivity index (χ0) is 17.4. The van der Waals surface area contributed by atoms with E-state index in [0.29, 0.717) is 16.0 Å². The van der Waals surface area contributed by atoms with E-state index in [1.807, 2.05) is 36.4 Å². The first-order valence-electron chi connectivity index (χ1n) is 7.48. The van der Waals surface area contributed by atoms with Gasteiger partial charge in [-0.25, -0.2) is 9.78 Å². The molecule has 6 nitrogen and oxygen atoms in total. The average molecular weight is 352 g/mol. The quantitative estimate of drug-likeness (QED) is 0.608. The molecule has 0 bridgehead atoms. The summed E-state index contributed by atoms with van der Waals surface area (Å²) in [6.45, 7) is 0.131. The molecule has 0 radical (unpaired) electrons. The molecule has 0 saturated carbocycles. The molecule has 4 aromatic rings. The molecule has 124 valence electrons. The van der Waals surface area contributed by atoms with Crippen LogP contribution in [-0.2, 0) is 6.54 Å². The number of hydrogen-bond acceptors (Lipinski definition) is 5. The van der Waals surface area contributed by atoms with Crippen molar-refractivity contribution in [3.63, 3.8) is 0 Å². The van der Waals surface area contributed by atoms with Crippen LogP contribution in [0.15, 0.2) is 64.1 Å². The first kappa shape index (κ1) is 15.3. The largest absolute Gasteiger partial charge is 0.475 e. The third-order valence-corrected chi connectivity index (χ3v) is 4.87. The third kappa shape index (κ3) is 2.85. The first-order valence-corrected chi connectivity index (χ1v) is 8.30. The summed E-state index contributed by atoms with van der Waals surface area (Å²) >= 11 is 1.46. The number of benzene rings is 1. The van der Waals surface area contributed by atoms with Crippen molar-refractivity contribution in [2.24, 2.45) is 0 Å². The molecule has 3 heterocycles. The first-order chi connectivity index (χ1) is 12.1. The van der Waals surface area contributed by atoms with Crippen LogP contribution in [0.1, 0.15) is 16.3 Å². The fourth-order valence-corrected chi connectivity index (χ4v) is 3.56. The Balaban J connectivity index is 1.72. The number of rotatable bonds is 4. The zero-order valence-electron chi connectivity index (χ0n) is 12.9. The molecule has 0 amide bonds. The third-order valence-electron chi connectivity index (χ3n) is 3.78. The second kappa shape index (κ2) is 6.03. The Kier molecular flexibility index (Phi) is 3.70. The van der Waals surface area contributed by atoms with Gasteiger partial charge in [-0.1, -0.05) is 30.3 Å². The van der Waals surface area contributed by atoms with Gasteiger partial charge in [0.05, 0.1) is 18.3 Å². The number of aromatic nitrogens is 2. The molecule has 7 heteroatoms. The molecular weight excluding hydrogens is 340 g/mol. The van der Waals surface area contributed by atoms with E-state index >= 15 is 0 Å². The summed E-state index contributed by atoms with van der Waals surface area (Å²) in [4.78, 5) is 29.6. The van der Waals surface area contributed by atoms with Gasteiger partial charge in [0, 0.05) is 4.88 Å². The summed E-state index contributed by atoms with van der Waals surface area (Å²) in [5.74, 6) is -0.907. The van der Waals surface area contributed by atoms with Crippen molar-refractivity contribution in [1.29, 1.82) is 0 Å².